The van der Waals surface area contributed by atoms with E-state index in [9.17, 15) is 13.2 Å². The van der Waals surface area contributed by atoms with Gasteiger partial charge in [0.05, 0.1) is 34.5 Å². The van der Waals surface area contributed by atoms with Crippen molar-refractivity contribution in [2.45, 2.75) is 55.5 Å². The van der Waals surface area contributed by atoms with Gasteiger partial charge in [-0.3, -0.25) is 9.78 Å². The Morgan fingerprint density at radius 1 is 1.10 bits per heavy atom. The van der Waals surface area contributed by atoms with Crippen LogP contribution in [-0.4, -0.2) is 77.5 Å². The first kappa shape index (κ1) is 25.7. The zero-order valence-electron chi connectivity index (χ0n) is 22.2. The molecule has 2 fully saturated rings. The number of aromatic nitrogens is 8. The molecule has 2 aliphatic heterocycles. The standard InChI is InChI=1S/C26H26N10O3S2/c1-13-31-21(12-40-13)19-6-3-14(9-28-19)18-10-30-36-24(27)23(41(2,38)39)22(32-25(18)36)15-7-16-4-5-17(8-15)35(16)26(37)20-11-29-34-33-20/h3,6,9-12,15-17H,4-5,7-8,27H2,1-2H3,(H,29,33,34)/t15?,16-,17+. The minimum Gasteiger partial charge on any atom is -0.382 e. The van der Waals surface area contributed by atoms with Crippen LogP contribution < -0.4 is 5.73 Å². The molecule has 3 atom stereocenters. The fourth-order valence-corrected chi connectivity index (χ4v) is 7.90. The molecule has 5 aromatic heterocycles. The van der Waals surface area contributed by atoms with Gasteiger partial charge in [-0.15, -0.1) is 11.3 Å². The van der Waals surface area contributed by atoms with Crippen molar-refractivity contribution < 1.29 is 13.2 Å². The lowest BCUT2D eigenvalue weighted by atomic mass is 9.87. The number of carbonyl (C=O) groups is 1. The number of H-pyrrole nitrogens is 1. The Bertz CT molecular complexity index is 1880. The van der Waals surface area contributed by atoms with Crippen LogP contribution in [-0.2, 0) is 9.84 Å². The van der Waals surface area contributed by atoms with E-state index < -0.39 is 9.84 Å². The summed E-state index contributed by atoms with van der Waals surface area (Å²) in [4.78, 5) is 29.0. The number of carbonyl (C=O) groups excluding carboxylic acids is 1. The first-order valence-electron chi connectivity index (χ1n) is 13.1. The van der Waals surface area contributed by atoms with Crippen LogP contribution in [0.2, 0.25) is 0 Å². The van der Waals surface area contributed by atoms with Gasteiger partial charge in [0.1, 0.15) is 10.7 Å². The number of nitrogen functional groups attached to an aromatic ring is 1. The molecular weight excluding hydrogens is 564 g/mol. The number of anilines is 1. The smallest absolute Gasteiger partial charge is 0.276 e. The summed E-state index contributed by atoms with van der Waals surface area (Å²) in [6.45, 7) is 1.95. The highest BCUT2D eigenvalue weighted by Gasteiger charge is 2.46. The molecule has 7 rings (SSSR count). The van der Waals surface area contributed by atoms with Gasteiger partial charge in [-0.2, -0.15) is 25.0 Å². The molecule has 2 saturated heterocycles. The fourth-order valence-electron chi connectivity index (χ4n) is 6.23. The molecule has 7 heterocycles. The van der Waals surface area contributed by atoms with Gasteiger partial charge < -0.3 is 10.6 Å². The Balaban J connectivity index is 1.28. The number of aromatic amines is 1. The first-order chi connectivity index (χ1) is 19.7. The topological polar surface area (TPSA) is 178 Å². The van der Waals surface area contributed by atoms with Crippen molar-refractivity contribution in [1.82, 2.24) is 44.9 Å². The highest BCUT2D eigenvalue weighted by Crippen LogP contribution is 2.45. The van der Waals surface area contributed by atoms with Crippen LogP contribution in [0.15, 0.2) is 41.0 Å². The Morgan fingerprint density at radius 2 is 1.88 bits per heavy atom. The molecule has 1 unspecified atom stereocenters. The second-order valence-corrected chi connectivity index (χ2v) is 13.6. The minimum atomic E-state index is -3.74. The van der Waals surface area contributed by atoms with Crippen molar-refractivity contribution in [3.8, 4) is 22.5 Å². The number of pyridine rings is 1. The molecule has 41 heavy (non-hydrogen) atoms. The predicted octanol–water partition coefficient (Wildman–Crippen LogP) is 2.88. The third-order valence-corrected chi connectivity index (χ3v) is 9.91. The van der Waals surface area contributed by atoms with Crippen molar-refractivity contribution in [1.29, 1.82) is 0 Å². The maximum absolute atomic E-state index is 13.2. The SMILES string of the molecule is Cc1nc(-c2ccc(-c3cnn4c(N)c(S(C)(=O)=O)c(C5C[C@H]6CC[C@@H](C5)N6C(=O)c5cn[nH]n5)nc34)cn2)cs1. The van der Waals surface area contributed by atoms with Crippen molar-refractivity contribution >= 4 is 38.5 Å². The summed E-state index contributed by atoms with van der Waals surface area (Å²) in [6, 6.07) is 3.68. The summed E-state index contributed by atoms with van der Waals surface area (Å²) in [5, 5.41) is 17.6. The number of sulfone groups is 1. The number of fused-ring (bicyclic) bond motifs is 3. The summed E-state index contributed by atoms with van der Waals surface area (Å²) in [5.41, 5.74) is 10.7. The van der Waals surface area contributed by atoms with Gasteiger partial charge in [0.2, 0.25) is 0 Å². The molecule has 0 radical (unpaired) electrons. The molecule has 15 heteroatoms. The molecule has 5 aromatic rings. The van der Waals surface area contributed by atoms with Crippen LogP contribution in [0.1, 0.15) is 52.8 Å². The van der Waals surface area contributed by atoms with Crippen molar-refractivity contribution in [3.05, 3.63) is 52.5 Å². The van der Waals surface area contributed by atoms with E-state index in [0.717, 1.165) is 41.1 Å². The van der Waals surface area contributed by atoms with Gasteiger partial charge in [-0.1, -0.05) is 6.07 Å². The third-order valence-electron chi connectivity index (χ3n) is 7.98. The highest BCUT2D eigenvalue weighted by atomic mass is 32.2. The number of hydrogen-bond donors (Lipinski definition) is 2. The van der Waals surface area contributed by atoms with E-state index in [2.05, 4.69) is 30.5 Å². The average molecular weight is 591 g/mol. The highest BCUT2D eigenvalue weighted by molar-refractivity contribution is 7.91. The number of amides is 1. The molecule has 13 nitrogen and oxygen atoms in total. The number of aryl methyl sites for hydroxylation is 1. The maximum Gasteiger partial charge on any atom is 0.276 e. The van der Waals surface area contributed by atoms with Crippen LogP contribution in [0.25, 0.3) is 28.2 Å². The zero-order valence-corrected chi connectivity index (χ0v) is 23.9. The quantitative estimate of drug-likeness (QED) is 0.309. The summed E-state index contributed by atoms with van der Waals surface area (Å²) in [7, 11) is -3.74. The predicted molar refractivity (Wildman–Crippen MR) is 151 cm³/mol. The Hall–Kier alpha value is -4.24. The second-order valence-electron chi connectivity index (χ2n) is 10.6. The van der Waals surface area contributed by atoms with Gasteiger partial charge in [-0.25, -0.2) is 18.4 Å². The van der Waals surface area contributed by atoms with Crippen molar-refractivity contribution in [2.75, 3.05) is 12.0 Å². The Labute approximate surface area is 238 Å². The maximum atomic E-state index is 13.2. The molecule has 0 aromatic carbocycles. The molecule has 0 aliphatic carbocycles. The number of nitrogens with zero attached hydrogens (tertiary/aromatic N) is 8. The van der Waals surface area contributed by atoms with E-state index in [-0.39, 0.29) is 40.3 Å². The van der Waals surface area contributed by atoms with Crippen LogP contribution in [0.5, 0.6) is 0 Å². The molecule has 3 N–H and O–H groups in total. The van der Waals surface area contributed by atoms with Crippen LogP contribution in [0.4, 0.5) is 5.82 Å². The van der Waals surface area contributed by atoms with E-state index in [1.165, 1.54) is 10.7 Å². The number of piperidine rings is 1. The lowest BCUT2D eigenvalue weighted by Crippen LogP contribution is -2.46. The summed E-state index contributed by atoms with van der Waals surface area (Å²) in [6.07, 6.45) is 8.71. The second kappa shape index (κ2) is 9.41. The molecule has 1 amide bonds. The van der Waals surface area contributed by atoms with E-state index in [4.69, 9.17) is 10.7 Å². The molecular formula is C26H26N10O3S2. The normalized spacial score (nSPS) is 20.6. The van der Waals surface area contributed by atoms with Gasteiger partial charge in [-0.05, 0) is 38.7 Å². The van der Waals surface area contributed by atoms with Crippen molar-refractivity contribution in [3.63, 3.8) is 0 Å². The summed E-state index contributed by atoms with van der Waals surface area (Å²) in [5.74, 6) is -0.352. The molecule has 0 spiro atoms. The molecule has 0 saturated carbocycles. The largest absolute Gasteiger partial charge is 0.382 e. The first-order valence-corrected chi connectivity index (χ1v) is 15.9. The zero-order chi connectivity index (χ0) is 28.5. The minimum absolute atomic E-state index is 0.00676. The lowest BCUT2D eigenvalue weighted by molar-refractivity contribution is 0.0562. The fraction of sp³-hybridized carbons (Fsp3) is 0.346. The van der Waals surface area contributed by atoms with E-state index in [1.54, 1.807) is 23.7 Å². The number of thiazole rings is 1. The monoisotopic (exact) mass is 590 g/mol. The van der Waals surface area contributed by atoms with Gasteiger partial charge in [0, 0.05) is 47.0 Å². The molecule has 210 valence electrons. The molecule has 2 bridgehead atoms. The third kappa shape index (κ3) is 4.26. The lowest BCUT2D eigenvalue weighted by Gasteiger charge is -2.38. The van der Waals surface area contributed by atoms with E-state index in [0.29, 0.717) is 29.7 Å². The van der Waals surface area contributed by atoms with Crippen LogP contribution in [0, 0.1) is 6.92 Å². The number of nitrogens with two attached hydrogens (primary N) is 1. The number of nitrogens with one attached hydrogen (secondary N) is 1. The average Bonchev–Trinajstić information content (AvgIpc) is 3.74. The van der Waals surface area contributed by atoms with E-state index in [1.807, 2.05) is 29.3 Å². The van der Waals surface area contributed by atoms with Gasteiger partial charge in [0.15, 0.2) is 21.2 Å². The van der Waals surface area contributed by atoms with Gasteiger partial charge >= 0.3 is 0 Å². The van der Waals surface area contributed by atoms with Gasteiger partial charge in [0.25, 0.3) is 5.91 Å². The Morgan fingerprint density at radius 3 is 2.49 bits per heavy atom. The van der Waals surface area contributed by atoms with Crippen LogP contribution >= 0.6 is 11.3 Å². The van der Waals surface area contributed by atoms with Crippen molar-refractivity contribution in [2.24, 2.45) is 0 Å². The van der Waals surface area contributed by atoms with E-state index >= 15 is 0 Å². The number of hydrogen-bond acceptors (Lipinski definition) is 11. The summed E-state index contributed by atoms with van der Waals surface area (Å²) >= 11 is 1.56. The number of rotatable bonds is 5. The molecule has 2 aliphatic rings. The Kier molecular flexibility index (Phi) is 5.90. The summed E-state index contributed by atoms with van der Waals surface area (Å²) < 4.78 is 27.5. The van der Waals surface area contributed by atoms with Crippen LogP contribution in [0.3, 0.4) is 0 Å².